The third-order valence-corrected chi connectivity index (χ3v) is 3.08. The molecule has 0 bridgehead atoms. The molecule has 2 N–H and O–H groups in total. The molecule has 1 rings (SSSR count). The number of anilines is 1. The summed E-state index contributed by atoms with van der Waals surface area (Å²) in [7, 11) is 0.776. The van der Waals surface area contributed by atoms with E-state index in [0.717, 1.165) is 0 Å². The van der Waals surface area contributed by atoms with Gasteiger partial charge in [0.05, 0.1) is 5.02 Å². The van der Waals surface area contributed by atoms with Crippen LogP contribution < -0.4 is 10.6 Å². The summed E-state index contributed by atoms with van der Waals surface area (Å²) in [5.41, 5.74) is 0.167. The summed E-state index contributed by atoms with van der Waals surface area (Å²) in [5.74, 6) is 0.617. The van der Waals surface area contributed by atoms with Crippen LogP contribution in [0.1, 0.15) is 10.5 Å². The Balaban J connectivity index is 2.70. The molecule has 1 amide bonds. The zero-order valence-electron chi connectivity index (χ0n) is 9.62. The van der Waals surface area contributed by atoms with E-state index in [1.165, 1.54) is 0 Å². The summed E-state index contributed by atoms with van der Waals surface area (Å²) >= 11 is 5.88. The molecule has 1 unspecified atom stereocenters. The summed E-state index contributed by atoms with van der Waals surface area (Å²) in [6, 6.07) is 3.29. The molecule has 94 valence electrons. The number of rotatable bonds is 5. The Morgan fingerprint density at radius 3 is 2.82 bits per heavy atom. The molecule has 1 heterocycles. The second kappa shape index (κ2) is 6.56. The fourth-order valence-electron chi connectivity index (χ4n) is 1.13. The van der Waals surface area contributed by atoms with Crippen molar-refractivity contribution in [1.29, 1.82) is 0 Å². The van der Waals surface area contributed by atoms with Gasteiger partial charge in [-0.1, -0.05) is 11.6 Å². The maximum atomic E-state index is 11.7. The van der Waals surface area contributed by atoms with Crippen molar-refractivity contribution in [2.24, 2.45) is 0 Å². The van der Waals surface area contributed by atoms with E-state index < -0.39 is 10.8 Å². The second-order valence-electron chi connectivity index (χ2n) is 3.31. The van der Waals surface area contributed by atoms with E-state index in [1.807, 2.05) is 0 Å². The minimum Gasteiger partial charge on any atom is -0.373 e. The largest absolute Gasteiger partial charge is 0.373 e. The minimum absolute atomic E-state index is 0.167. The van der Waals surface area contributed by atoms with Crippen LogP contribution in [0.4, 0.5) is 5.82 Å². The SMILES string of the molecule is CNc1ccc(Cl)c(C(=O)NCCS(C)=O)n1. The van der Waals surface area contributed by atoms with Crippen LogP contribution in [0, 0.1) is 0 Å². The van der Waals surface area contributed by atoms with Gasteiger partial charge in [0.15, 0.2) is 0 Å². The van der Waals surface area contributed by atoms with Gasteiger partial charge in [0.25, 0.3) is 5.91 Å². The maximum Gasteiger partial charge on any atom is 0.271 e. The number of hydrogen-bond donors (Lipinski definition) is 2. The molecule has 0 aliphatic heterocycles. The highest BCUT2D eigenvalue weighted by Crippen LogP contribution is 2.16. The van der Waals surface area contributed by atoms with Crippen LogP contribution >= 0.6 is 11.6 Å². The average Bonchev–Trinajstić information content (AvgIpc) is 2.29. The first kappa shape index (κ1) is 13.9. The first-order chi connectivity index (χ1) is 8.04. The number of nitrogens with one attached hydrogen (secondary N) is 2. The third-order valence-electron chi connectivity index (χ3n) is 1.99. The van der Waals surface area contributed by atoms with E-state index in [0.29, 0.717) is 23.1 Å². The van der Waals surface area contributed by atoms with Crippen LogP contribution in [0.25, 0.3) is 0 Å². The van der Waals surface area contributed by atoms with Crippen molar-refractivity contribution in [2.45, 2.75) is 0 Å². The molecule has 0 fully saturated rings. The van der Waals surface area contributed by atoms with Gasteiger partial charge >= 0.3 is 0 Å². The molecule has 17 heavy (non-hydrogen) atoms. The Kier molecular flexibility index (Phi) is 5.37. The van der Waals surface area contributed by atoms with Gasteiger partial charge < -0.3 is 10.6 Å². The van der Waals surface area contributed by atoms with Crippen LogP contribution in [-0.4, -0.2) is 40.7 Å². The van der Waals surface area contributed by atoms with Crippen LogP contribution in [0.5, 0.6) is 0 Å². The molecule has 1 atom stereocenters. The Bertz CT molecular complexity index is 440. The highest BCUT2D eigenvalue weighted by atomic mass is 35.5. The molecule has 1 aromatic rings. The van der Waals surface area contributed by atoms with Crippen LogP contribution in [0.15, 0.2) is 12.1 Å². The number of carbonyl (C=O) groups is 1. The lowest BCUT2D eigenvalue weighted by Gasteiger charge is -2.07. The smallest absolute Gasteiger partial charge is 0.271 e. The normalized spacial score (nSPS) is 11.9. The van der Waals surface area contributed by atoms with E-state index in [4.69, 9.17) is 11.6 Å². The van der Waals surface area contributed by atoms with Gasteiger partial charge in [0.1, 0.15) is 11.5 Å². The van der Waals surface area contributed by atoms with Gasteiger partial charge in [0.2, 0.25) is 0 Å². The van der Waals surface area contributed by atoms with E-state index in [2.05, 4.69) is 15.6 Å². The predicted molar refractivity (Wildman–Crippen MR) is 70.1 cm³/mol. The molecule has 1 aromatic heterocycles. The number of halogens is 1. The first-order valence-electron chi connectivity index (χ1n) is 4.97. The number of pyridine rings is 1. The molecule has 7 heteroatoms. The van der Waals surface area contributed by atoms with Crippen molar-refractivity contribution in [2.75, 3.05) is 30.9 Å². The van der Waals surface area contributed by atoms with Gasteiger partial charge in [0, 0.05) is 36.4 Å². The maximum absolute atomic E-state index is 11.7. The molecule has 0 aromatic carbocycles. The average molecular weight is 276 g/mol. The van der Waals surface area contributed by atoms with Crippen LogP contribution in [0.2, 0.25) is 5.02 Å². The van der Waals surface area contributed by atoms with E-state index >= 15 is 0 Å². The van der Waals surface area contributed by atoms with Crippen molar-refractivity contribution in [1.82, 2.24) is 10.3 Å². The Hall–Kier alpha value is -1.14. The summed E-state index contributed by atoms with van der Waals surface area (Å²) < 4.78 is 10.8. The Labute approximate surface area is 107 Å². The molecule has 0 aliphatic rings. The summed E-state index contributed by atoms with van der Waals surface area (Å²) in [6.45, 7) is 0.337. The summed E-state index contributed by atoms with van der Waals surface area (Å²) in [4.78, 5) is 15.8. The molecule has 5 nitrogen and oxygen atoms in total. The van der Waals surface area contributed by atoms with Gasteiger partial charge in [-0.05, 0) is 12.1 Å². The van der Waals surface area contributed by atoms with E-state index in [-0.39, 0.29) is 11.6 Å². The fourth-order valence-corrected chi connectivity index (χ4v) is 1.71. The van der Waals surface area contributed by atoms with Gasteiger partial charge in [-0.2, -0.15) is 0 Å². The molecule has 0 saturated heterocycles. The topological polar surface area (TPSA) is 71.1 Å². The fraction of sp³-hybridized carbons (Fsp3) is 0.400. The monoisotopic (exact) mass is 275 g/mol. The molecular formula is C10H14ClN3O2S. The van der Waals surface area contributed by atoms with Gasteiger partial charge in [-0.15, -0.1) is 0 Å². The first-order valence-corrected chi connectivity index (χ1v) is 7.07. The number of amides is 1. The van der Waals surface area contributed by atoms with E-state index in [1.54, 1.807) is 25.4 Å². The zero-order valence-corrected chi connectivity index (χ0v) is 11.2. The van der Waals surface area contributed by atoms with Crippen LogP contribution in [-0.2, 0) is 10.8 Å². The third kappa shape index (κ3) is 4.32. The number of carbonyl (C=O) groups excluding carboxylic acids is 1. The highest BCUT2D eigenvalue weighted by molar-refractivity contribution is 7.84. The standard InChI is InChI=1S/C10H14ClN3O2S/c1-12-8-4-3-7(11)9(14-8)10(15)13-5-6-17(2)16/h3-4H,5-6H2,1-2H3,(H,12,14)(H,13,15). The van der Waals surface area contributed by atoms with Crippen LogP contribution in [0.3, 0.4) is 0 Å². The van der Waals surface area contributed by atoms with Crippen molar-refractivity contribution in [3.05, 3.63) is 22.8 Å². The zero-order chi connectivity index (χ0) is 12.8. The quantitative estimate of drug-likeness (QED) is 0.837. The molecule has 0 aliphatic carbocycles. The molecule has 0 radical (unpaired) electrons. The van der Waals surface area contributed by atoms with Gasteiger partial charge in [-0.25, -0.2) is 4.98 Å². The van der Waals surface area contributed by atoms with Crippen molar-refractivity contribution < 1.29 is 9.00 Å². The summed E-state index contributed by atoms with van der Waals surface area (Å²) in [6.07, 6.45) is 1.58. The summed E-state index contributed by atoms with van der Waals surface area (Å²) in [5, 5.41) is 5.73. The van der Waals surface area contributed by atoms with E-state index in [9.17, 15) is 9.00 Å². The van der Waals surface area contributed by atoms with Crippen molar-refractivity contribution in [3.63, 3.8) is 0 Å². The lowest BCUT2D eigenvalue weighted by molar-refractivity contribution is 0.0951. The predicted octanol–water partition coefficient (Wildman–Crippen LogP) is 0.885. The number of aromatic nitrogens is 1. The lowest BCUT2D eigenvalue weighted by Crippen LogP contribution is -2.28. The number of nitrogens with zero attached hydrogens (tertiary/aromatic N) is 1. The molecule has 0 saturated carbocycles. The lowest BCUT2D eigenvalue weighted by atomic mass is 10.3. The van der Waals surface area contributed by atoms with Crippen molar-refractivity contribution in [3.8, 4) is 0 Å². The number of hydrogen-bond acceptors (Lipinski definition) is 4. The molecular weight excluding hydrogens is 262 g/mol. The molecule has 0 spiro atoms. The Morgan fingerprint density at radius 1 is 1.53 bits per heavy atom. The highest BCUT2D eigenvalue weighted by Gasteiger charge is 2.12. The Morgan fingerprint density at radius 2 is 2.24 bits per heavy atom. The minimum atomic E-state index is -0.930. The van der Waals surface area contributed by atoms with Gasteiger partial charge in [-0.3, -0.25) is 9.00 Å². The van der Waals surface area contributed by atoms with Crippen molar-refractivity contribution >= 4 is 34.1 Å². The second-order valence-corrected chi connectivity index (χ2v) is 5.27.